The zero-order valence-corrected chi connectivity index (χ0v) is 13.8. The lowest BCUT2D eigenvalue weighted by Gasteiger charge is -2.14. The highest BCUT2D eigenvalue weighted by atomic mass is 32.2. The standard InChI is InChI=1S/C18H16N4OS/c23-16(19-17-20-21-18-22(17)11-4-12-24-18)15-9-7-14(8-10-15)13-5-2-1-3-6-13/h1-3,5-10H,4,11-12H2,(H,19,20,23). The monoisotopic (exact) mass is 336 g/mol. The van der Waals surface area contributed by atoms with Gasteiger partial charge in [0.25, 0.3) is 5.91 Å². The summed E-state index contributed by atoms with van der Waals surface area (Å²) in [7, 11) is 0. The van der Waals surface area contributed by atoms with Crippen molar-refractivity contribution in [3.05, 3.63) is 60.2 Å². The first-order valence-corrected chi connectivity index (χ1v) is 8.83. The fraction of sp³-hybridized carbons (Fsp3) is 0.167. The summed E-state index contributed by atoms with van der Waals surface area (Å²) in [4.78, 5) is 12.4. The van der Waals surface area contributed by atoms with Gasteiger partial charge in [-0.3, -0.25) is 14.7 Å². The van der Waals surface area contributed by atoms with Crippen LogP contribution in [0.3, 0.4) is 0 Å². The maximum Gasteiger partial charge on any atom is 0.258 e. The Kier molecular flexibility index (Phi) is 4.04. The molecule has 0 saturated carbocycles. The number of benzene rings is 2. The first-order valence-electron chi connectivity index (χ1n) is 7.84. The number of hydrogen-bond donors (Lipinski definition) is 1. The molecule has 5 nitrogen and oxygen atoms in total. The lowest BCUT2D eigenvalue weighted by Crippen LogP contribution is -2.17. The van der Waals surface area contributed by atoms with Gasteiger partial charge >= 0.3 is 0 Å². The summed E-state index contributed by atoms with van der Waals surface area (Å²) in [5.74, 6) is 1.40. The van der Waals surface area contributed by atoms with Crippen LogP contribution in [-0.4, -0.2) is 26.4 Å². The highest BCUT2D eigenvalue weighted by molar-refractivity contribution is 7.99. The molecule has 6 heteroatoms. The number of anilines is 1. The van der Waals surface area contributed by atoms with Crippen LogP contribution in [0.4, 0.5) is 5.95 Å². The minimum atomic E-state index is -0.166. The van der Waals surface area contributed by atoms with Gasteiger partial charge in [-0.05, 0) is 29.7 Å². The molecule has 3 aromatic rings. The van der Waals surface area contributed by atoms with Crippen molar-refractivity contribution in [2.45, 2.75) is 18.1 Å². The van der Waals surface area contributed by atoms with Gasteiger partial charge in [0.15, 0.2) is 5.16 Å². The van der Waals surface area contributed by atoms with E-state index in [1.165, 1.54) is 0 Å². The molecule has 24 heavy (non-hydrogen) atoms. The van der Waals surface area contributed by atoms with Crippen LogP contribution in [0.2, 0.25) is 0 Å². The first kappa shape index (κ1) is 15.0. The fourth-order valence-corrected chi connectivity index (χ4v) is 3.58. The van der Waals surface area contributed by atoms with Crippen LogP contribution in [0.1, 0.15) is 16.8 Å². The topological polar surface area (TPSA) is 59.8 Å². The first-order chi connectivity index (χ1) is 11.8. The Bertz CT molecular complexity index is 858. The summed E-state index contributed by atoms with van der Waals surface area (Å²) in [5, 5.41) is 11.9. The third kappa shape index (κ3) is 2.92. The normalized spacial score (nSPS) is 13.3. The second-order valence-electron chi connectivity index (χ2n) is 5.56. The van der Waals surface area contributed by atoms with Crippen molar-refractivity contribution in [3.8, 4) is 11.1 Å². The van der Waals surface area contributed by atoms with Gasteiger partial charge in [0.1, 0.15) is 0 Å². The van der Waals surface area contributed by atoms with Crippen molar-refractivity contribution >= 4 is 23.6 Å². The molecule has 0 aliphatic carbocycles. The van der Waals surface area contributed by atoms with Crippen LogP contribution in [0.15, 0.2) is 59.8 Å². The van der Waals surface area contributed by atoms with E-state index in [0.717, 1.165) is 35.0 Å². The van der Waals surface area contributed by atoms with E-state index < -0.39 is 0 Å². The van der Waals surface area contributed by atoms with Crippen LogP contribution >= 0.6 is 11.8 Å². The smallest absolute Gasteiger partial charge is 0.258 e. The molecule has 4 rings (SSSR count). The number of nitrogens with one attached hydrogen (secondary N) is 1. The van der Waals surface area contributed by atoms with E-state index in [1.807, 2.05) is 47.0 Å². The Morgan fingerprint density at radius 3 is 2.54 bits per heavy atom. The molecule has 0 atom stereocenters. The number of amides is 1. The molecule has 0 saturated heterocycles. The molecule has 1 aromatic heterocycles. The van der Waals surface area contributed by atoms with Crippen LogP contribution in [-0.2, 0) is 6.54 Å². The highest BCUT2D eigenvalue weighted by Gasteiger charge is 2.18. The number of hydrogen-bond acceptors (Lipinski definition) is 4. The molecule has 2 heterocycles. The summed E-state index contributed by atoms with van der Waals surface area (Å²) in [6.07, 6.45) is 1.06. The predicted molar refractivity (Wildman–Crippen MR) is 95.2 cm³/mol. The summed E-state index contributed by atoms with van der Waals surface area (Å²) in [6, 6.07) is 17.7. The highest BCUT2D eigenvalue weighted by Crippen LogP contribution is 2.26. The van der Waals surface area contributed by atoms with Crippen LogP contribution in [0.25, 0.3) is 11.1 Å². The molecule has 1 amide bonds. The molecular formula is C18H16N4OS. The molecule has 0 fully saturated rings. The molecule has 0 radical (unpaired) electrons. The van der Waals surface area contributed by atoms with Crippen molar-refractivity contribution in [1.82, 2.24) is 14.8 Å². The maximum absolute atomic E-state index is 12.4. The second-order valence-corrected chi connectivity index (χ2v) is 6.62. The van der Waals surface area contributed by atoms with E-state index >= 15 is 0 Å². The van der Waals surface area contributed by atoms with Gasteiger partial charge in [0, 0.05) is 17.9 Å². The van der Waals surface area contributed by atoms with Crippen molar-refractivity contribution in [2.75, 3.05) is 11.1 Å². The van der Waals surface area contributed by atoms with Crippen LogP contribution in [0, 0.1) is 0 Å². The van der Waals surface area contributed by atoms with Gasteiger partial charge in [-0.15, -0.1) is 10.2 Å². The number of nitrogens with zero attached hydrogens (tertiary/aromatic N) is 3. The Labute approximate surface area is 144 Å². The zero-order chi connectivity index (χ0) is 16.4. The van der Waals surface area contributed by atoms with Gasteiger partial charge in [-0.25, -0.2) is 0 Å². The maximum atomic E-state index is 12.4. The van der Waals surface area contributed by atoms with Gasteiger partial charge < -0.3 is 0 Å². The predicted octanol–water partition coefficient (Wildman–Crippen LogP) is 3.69. The Hall–Kier alpha value is -2.60. The van der Waals surface area contributed by atoms with Gasteiger partial charge in [0.05, 0.1) is 0 Å². The average Bonchev–Trinajstić information content (AvgIpc) is 3.06. The second kappa shape index (κ2) is 6.49. The SMILES string of the molecule is O=C(Nc1nnc2n1CCCS2)c1ccc(-c2ccccc2)cc1. The van der Waals surface area contributed by atoms with Gasteiger partial charge in [-0.2, -0.15) is 0 Å². The molecule has 120 valence electrons. The van der Waals surface area contributed by atoms with Crippen LogP contribution < -0.4 is 5.32 Å². The van der Waals surface area contributed by atoms with Crippen LogP contribution in [0.5, 0.6) is 0 Å². The quantitative estimate of drug-likeness (QED) is 0.792. The van der Waals surface area contributed by atoms with E-state index in [2.05, 4.69) is 27.6 Å². The summed E-state index contributed by atoms with van der Waals surface area (Å²) < 4.78 is 1.96. The lowest BCUT2D eigenvalue weighted by molar-refractivity contribution is 0.102. The minimum Gasteiger partial charge on any atom is -0.290 e. The van der Waals surface area contributed by atoms with Crippen molar-refractivity contribution in [3.63, 3.8) is 0 Å². The summed E-state index contributed by atoms with van der Waals surface area (Å²) >= 11 is 1.67. The minimum absolute atomic E-state index is 0.166. The summed E-state index contributed by atoms with van der Waals surface area (Å²) in [5.41, 5.74) is 2.83. The van der Waals surface area contributed by atoms with E-state index in [4.69, 9.17) is 0 Å². The Balaban J connectivity index is 1.52. The van der Waals surface area contributed by atoms with Crippen molar-refractivity contribution < 1.29 is 4.79 Å². The molecular weight excluding hydrogens is 320 g/mol. The van der Waals surface area contributed by atoms with E-state index in [1.54, 1.807) is 11.8 Å². The number of aromatic nitrogens is 3. The van der Waals surface area contributed by atoms with Crippen molar-refractivity contribution in [1.29, 1.82) is 0 Å². The molecule has 1 N–H and O–H groups in total. The Morgan fingerprint density at radius 1 is 1.00 bits per heavy atom. The van der Waals surface area contributed by atoms with Gasteiger partial charge in [-0.1, -0.05) is 54.2 Å². The van der Waals surface area contributed by atoms with E-state index in [0.29, 0.717) is 11.5 Å². The number of carbonyl (C=O) groups is 1. The Morgan fingerprint density at radius 2 is 1.75 bits per heavy atom. The zero-order valence-electron chi connectivity index (χ0n) is 13.0. The number of carbonyl (C=O) groups excluding carboxylic acids is 1. The molecule has 1 aliphatic heterocycles. The largest absolute Gasteiger partial charge is 0.290 e. The molecule has 2 aromatic carbocycles. The lowest BCUT2D eigenvalue weighted by atomic mass is 10.0. The third-order valence-corrected chi connectivity index (χ3v) is 5.01. The molecule has 0 bridgehead atoms. The molecule has 0 unspecified atom stereocenters. The number of fused-ring (bicyclic) bond motifs is 1. The van der Waals surface area contributed by atoms with Gasteiger partial charge in [0.2, 0.25) is 5.95 Å². The molecule has 0 spiro atoms. The molecule has 1 aliphatic rings. The van der Waals surface area contributed by atoms with E-state index in [9.17, 15) is 4.79 Å². The van der Waals surface area contributed by atoms with Crippen molar-refractivity contribution in [2.24, 2.45) is 0 Å². The van der Waals surface area contributed by atoms with E-state index in [-0.39, 0.29) is 5.91 Å². The summed E-state index contributed by atoms with van der Waals surface area (Å²) in [6.45, 7) is 0.845. The number of thioether (sulfide) groups is 1. The number of rotatable bonds is 3. The average molecular weight is 336 g/mol. The fourth-order valence-electron chi connectivity index (χ4n) is 2.69. The third-order valence-electron chi connectivity index (χ3n) is 3.95.